The molecule has 1 aliphatic rings. The Morgan fingerprint density at radius 3 is 2.81 bits per heavy atom. The molecular weight excluding hydrogens is 202 g/mol. The summed E-state index contributed by atoms with van der Waals surface area (Å²) in [7, 11) is 0. The van der Waals surface area contributed by atoms with E-state index in [4.69, 9.17) is 5.11 Å². The molecule has 0 aromatic heterocycles. The average Bonchev–Trinajstić information content (AvgIpc) is 2.77. The summed E-state index contributed by atoms with van der Waals surface area (Å²) in [5, 5.41) is 9.17. The van der Waals surface area contributed by atoms with Crippen molar-refractivity contribution in [2.75, 3.05) is 19.7 Å². The van der Waals surface area contributed by atoms with Gasteiger partial charge in [-0.2, -0.15) is 0 Å². The largest absolute Gasteiger partial charge is 0.395 e. The van der Waals surface area contributed by atoms with Crippen LogP contribution in [0.3, 0.4) is 0 Å². The Hall–Kier alpha value is -1.19. The maximum atomic E-state index is 11.9. The van der Waals surface area contributed by atoms with Crippen LogP contribution in [0.1, 0.15) is 23.2 Å². The summed E-state index contributed by atoms with van der Waals surface area (Å²) in [5.74, 6) is 0.140. The van der Waals surface area contributed by atoms with Crippen molar-refractivity contribution in [2.24, 2.45) is 0 Å². The number of ketones is 1. The fraction of sp³-hybridized carbons (Fsp3) is 0.462. The normalized spacial score (nSPS) is 21.2. The topological polar surface area (TPSA) is 40.5 Å². The minimum atomic E-state index is 0.140. The van der Waals surface area contributed by atoms with Gasteiger partial charge < -0.3 is 5.11 Å². The maximum Gasteiger partial charge on any atom is 0.176 e. The van der Waals surface area contributed by atoms with E-state index in [0.717, 1.165) is 24.9 Å². The first-order valence-corrected chi connectivity index (χ1v) is 5.74. The van der Waals surface area contributed by atoms with Crippen molar-refractivity contribution < 1.29 is 9.90 Å². The number of carbonyl (C=O) groups is 1. The van der Waals surface area contributed by atoms with Gasteiger partial charge in [0.15, 0.2) is 5.78 Å². The summed E-state index contributed by atoms with van der Waals surface area (Å²) in [5.41, 5.74) is 0.756. The van der Waals surface area contributed by atoms with Crippen LogP contribution >= 0.6 is 0 Å². The summed E-state index contributed by atoms with van der Waals surface area (Å²) in [6, 6.07) is 9.51. The second-order valence-corrected chi connectivity index (χ2v) is 4.24. The van der Waals surface area contributed by atoms with Crippen molar-refractivity contribution in [1.82, 2.24) is 4.90 Å². The molecule has 0 amide bonds. The molecule has 3 heteroatoms. The lowest BCUT2D eigenvalue weighted by Crippen LogP contribution is -2.36. The van der Waals surface area contributed by atoms with Crippen molar-refractivity contribution in [2.45, 2.75) is 18.9 Å². The minimum absolute atomic E-state index is 0.140. The Labute approximate surface area is 95.7 Å². The number of aliphatic hydroxyl groups excluding tert-OH is 1. The highest BCUT2D eigenvalue weighted by Gasteiger charge is 2.25. The Morgan fingerprint density at radius 1 is 1.38 bits per heavy atom. The summed E-state index contributed by atoms with van der Waals surface area (Å²) in [6.07, 6.45) is 2.08. The van der Waals surface area contributed by atoms with Crippen LogP contribution in [0.5, 0.6) is 0 Å². The lowest BCUT2D eigenvalue weighted by Gasteiger charge is -2.21. The van der Waals surface area contributed by atoms with Crippen molar-refractivity contribution >= 4 is 5.78 Å². The Morgan fingerprint density at radius 2 is 2.12 bits per heavy atom. The third-order valence-corrected chi connectivity index (χ3v) is 3.15. The Bertz CT molecular complexity index is 350. The molecule has 0 spiro atoms. The molecule has 0 radical (unpaired) electrons. The summed E-state index contributed by atoms with van der Waals surface area (Å²) in [6.45, 7) is 1.50. The zero-order valence-corrected chi connectivity index (χ0v) is 9.30. The lowest BCUT2D eigenvalue weighted by molar-refractivity contribution is 0.0888. The van der Waals surface area contributed by atoms with Crippen LogP contribution in [-0.4, -0.2) is 41.5 Å². The van der Waals surface area contributed by atoms with Crippen molar-refractivity contribution in [3.05, 3.63) is 35.9 Å². The molecule has 1 aromatic carbocycles. The van der Waals surface area contributed by atoms with Gasteiger partial charge in [0.05, 0.1) is 13.2 Å². The van der Waals surface area contributed by atoms with E-state index in [1.54, 1.807) is 0 Å². The average molecular weight is 219 g/mol. The van der Waals surface area contributed by atoms with Gasteiger partial charge >= 0.3 is 0 Å². The van der Waals surface area contributed by atoms with Crippen molar-refractivity contribution in [3.63, 3.8) is 0 Å². The second-order valence-electron chi connectivity index (χ2n) is 4.24. The van der Waals surface area contributed by atoms with E-state index in [0.29, 0.717) is 6.54 Å². The molecule has 1 fully saturated rings. The van der Waals surface area contributed by atoms with Crippen LogP contribution in [-0.2, 0) is 0 Å². The predicted molar refractivity (Wildman–Crippen MR) is 62.5 cm³/mol. The van der Waals surface area contributed by atoms with Gasteiger partial charge in [0.1, 0.15) is 0 Å². The Kier molecular flexibility index (Phi) is 3.70. The Balaban J connectivity index is 1.97. The molecule has 1 unspecified atom stereocenters. The number of Topliss-reactive ketones (excluding diaryl/α,β-unsaturated/α-hetero) is 1. The van der Waals surface area contributed by atoms with Crippen molar-refractivity contribution in [3.8, 4) is 0 Å². The van der Waals surface area contributed by atoms with E-state index in [1.165, 1.54) is 0 Å². The second kappa shape index (κ2) is 5.23. The first-order chi connectivity index (χ1) is 7.81. The molecule has 0 saturated carbocycles. The van der Waals surface area contributed by atoms with E-state index in [1.807, 2.05) is 30.3 Å². The van der Waals surface area contributed by atoms with Gasteiger partial charge in [-0.05, 0) is 19.4 Å². The summed E-state index contributed by atoms with van der Waals surface area (Å²) < 4.78 is 0. The van der Waals surface area contributed by atoms with E-state index in [2.05, 4.69) is 4.90 Å². The van der Waals surface area contributed by atoms with E-state index < -0.39 is 0 Å². The van der Waals surface area contributed by atoms with Gasteiger partial charge in [-0.3, -0.25) is 9.69 Å². The molecule has 1 aromatic rings. The molecule has 3 nitrogen and oxygen atoms in total. The monoisotopic (exact) mass is 219 g/mol. The number of rotatable bonds is 4. The van der Waals surface area contributed by atoms with Crippen LogP contribution in [0, 0.1) is 0 Å². The standard InChI is InChI=1S/C13H17NO2/c15-10-12-7-4-8-14(12)9-13(16)11-5-2-1-3-6-11/h1-3,5-6,12,15H,4,7-10H2. The zero-order chi connectivity index (χ0) is 11.4. The zero-order valence-electron chi connectivity index (χ0n) is 9.30. The first-order valence-electron chi connectivity index (χ1n) is 5.74. The van der Waals surface area contributed by atoms with Gasteiger partial charge in [0.2, 0.25) is 0 Å². The molecule has 0 bridgehead atoms. The molecule has 1 aliphatic heterocycles. The molecule has 0 aliphatic carbocycles. The van der Waals surface area contributed by atoms with E-state index >= 15 is 0 Å². The molecule has 1 saturated heterocycles. The molecule has 1 heterocycles. The number of hydrogen-bond acceptors (Lipinski definition) is 3. The van der Waals surface area contributed by atoms with Crippen LogP contribution in [0.25, 0.3) is 0 Å². The van der Waals surface area contributed by atoms with Gasteiger partial charge in [-0.1, -0.05) is 30.3 Å². The number of nitrogens with zero attached hydrogens (tertiary/aromatic N) is 1. The van der Waals surface area contributed by atoms with Gasteiger partial charge in [-0.15, -0.1) is 0 Å². The fourth-order valence-electron chi connectivity index (χ4n) is 2.21. The number of carbonyl (C=O) groups excluding carboxylic acids is 1. The maximum absolute atomic E-state index is 11.9. The van der Waals surface area contributed by atoms with Crippen LogP contribution in [0.15, 0.2) is 30.3 Å². The highest BCUT2D eigenvalue weighted by molar-refractivity contribution is 5.97. The van der Waals surface area contributed by atoms with Crippen LogP contribution in [0.2, 0.25) is 0 Å². The molecule has 2 rings (SSSR count). The summed E-state index contributed by atoms with van der Waals surface area (Å²) >= 11 is 0. The van der Waals surface area contributed by atoms with E-state index in [9.17, 15) is 4.79 Å². The number of likely N-dealkylation sites (tertiary alicyclic amines) is 1. The van der Waals surface area contributed by atoms with E-state index in [-0.39, 0.29) is 18.4 Å². The SMILES string of the molecule is O=C(CN1CCCC1CO)c1ccccc1. The molecule has 1 atom stereocenters. The number of hydrogen-bond donors (Lipinski definition) is 1. The molecule has 16 heavy (non-hydrogen) atoms. The molecule has 1 N–H and O–H groups in total. The van der Waals surface area contributed by atoms with Gasteiger partial charge in [0.25, 0.3) is 0 Å². The molecular formula is C13H17NO2. The van der Waals surface area contributed by atoms with Gasteiger partial charge in [-0.25, -0.2) is 0 Å². The fourth-order valence-corrected chi connectivity index (χ4v) is 2.21. The van der Waals surface area contributed by atoms with Crippen molar-refractivity contribution in [1.29, 1.82) is 0 Å². The highest BCUT2D eigenvalue weighted by Crippen LogP contribution is 2.17. The smallest absolute Gasteiger partial charge is 0.176 e. The quantitative estimate of drug-likeness (QED) is 0.777. The van der Waals surface area contributed by atoms with Crippen LogP contribution < -0.4 is 0 Å². The number of benzene rings is 1. The third kappa shape index (κ3) is 2.49. The van der Waals surface area contributed by atoms with Crippen LogP contribution in [0.4, 0.5) is 0 Å². The predicted octanol–water partition coefficient (Wildman–Crippen LogP) is 1.33. The summed E-state index contributed by atoms with van der Waals surface area (Å²) in [4.78, 5) is 14.0. The first kappa shape index (κ1) is 11.3. The highest BCUT2D eigenvalue weighted by atomic mass is 16.3. The minimum Gasteiger partial charge on any atom is -0.395 e. The van der Waals surface area contributed by atoms with Gasteiger partial charge in [0, 0.05) is 11.6 Å². The third-order valence-electron chi connectivity index (χ3n) is 3.15. The number of aliphatic hydroxyl groups is 1. The lowest BCUT2D eigenvalue weighted by atomic mass is 10.1. The molecule has 86 valence electrons.